The van der Waals surface area contributed by atoms with Gasteiger partial charge in [0.15, 0.2) is 0 Å². The normalized spacial score (nSPS) is 22.2. The van der Waals surface area contributed by atoms with Gasteiger partial charge in [0.05, 0.1) is 0 Å². The zero-order valence-corrected chi connectivity index (χ0v) is 13.0. The molecule has 102 valence electrons. The first-order valence-electron chi connectivity index (χ1n) is 7.53. The Hall–Kier alpha value is -0.600. The number of allylic oxidation sites excluding steroid dienone is 1. The Morgan fingerprint density at radius 2 is 2.16 bits per heavy atom. The van der Waals surface area contributed by atoms with Gasteiger partial charge in [-0.25, -0.2) is 0 Å². The highest BCUT2D eigenvalue weighted by Crippen LogP contribution is 2.35. The van der Waals surface area contributed by atoms with Crippen molar-refractivity contribution in [1.29, 1.82) is 0 Å². The summed E-state index contributed by atoms with van der Waals surface area (Å²) in [5, 5.41) is 3.75. The number of hydrogen-bond acceptors (Lipinski definition) is 1. The lowest BCUT2D eigenvalue weighted by atomic mass is 9.97. The maximum atomic E-state index is 3.75. The maximum absolute atomic E-state index is 3.75. The number of hydrogen-bond donors (Lipinski definition) is 1. The standard InChI is InChI=1S/C17H22BrN/c18-16-8-4-7-15-14(16)9-10-17(15)19-12-11-13-5-2-1-3-6-13/h4-5,7-8,17,19H,1-3,6,9-12H2. The van der Waals surface area contributed by atoms with E-state index in [0.717, 1.165) is 6.54 Å². The molecule has 0 aliphatic heterocycles. The molecule has 0 heterocycles. The van der Waals surface area contributed by atoms with Gasteiger partial charge >= 0.3 is 0 Å². The quantitative estimate of drug-likeness (QED) is 0.777. The van der Waals surface area contributed by atoms with Crippen molar-refractivity contribution in [3.63, 3.8) is 0 Å². The summed E-state index contributed by atoms with van der Waals surface area (Å²) in [7, 11) is 0. The Morgan fingerprint density at radius 1 is 1.21 bits per heavy atom. The highest BCUT2D eigenvalue weighted by molar-refractivity contribution is 9.10. The fraction of sp³-hybridized carbons (Fsp3) is 0.529. The van der Waals surface area contributed by atoms with Crippen molar-refractivity contribution in [2.24, 2.45) is 0 Å². The Morgan fingerprint density at radius 3 is 3.00 bits per heavy atom. The molecule has 1 aromatic carbocycles. The Balaban J connectivity index is 1.55. The van der Waals surface area contributed by atoms with Crippen LogP contribution >= 0.6 is 15.9 Å². The molecular weight excluding hydrogens is 298 g/mol. The molecule has 0 bridgehead atoms. The molecule has 0 aromatic heterocycles. The molecule has 1 N–H and O–H groups in total. The third kappa shape index (κ3) is 3.11. The van der Waals surface area contributed by atoms with Crippen molar-refractivity contribution in [2.75, 3.05) is 6.54 Å². The van der Waals surface area contributed by atoms with E-state index < -0.39 is 0 Å². The van der Waals surface area contributed by atoms with Gasteiger partial charge < -0.3 is 5.32 Å². The van der Waals surface area contributed by atoms with Crippen LogP contribution in [0.5, 0.6) is 0 Å². The molecule has 19 heavy (non-hydrogen) atoms. The molecule has 0 saturated heterocycles. The van der Waals surface area contributed by atoms with Crippen molar-refractivity contribution in [1.82, 2.24) is 5.32 Å². The van der Waals surface area contributed by atoms with E-state index in [1.165, 1.54) is 60.5 Å². The molecule has 0 saturated carbocycles. The lowest BCUT2D eigenvalue weighted by molar-refractivity contribution is 0.525. The van der Waals surface area contributed by atoms with E-state index in [-0.39, 0.29) is 0 Å². The topological polar surface area (TPSA) is 12.0 Å². The minimum atomic E-state index is 0.566. The van der Waals surface area contributed by atoms with Gasteiger partial charge in [-0.3, -0.25) is 0 Å². The lowest BCUT2D eigenvalue weighted by Gasteiger charge is -2.17. The number of benzene rings is 1. The molecule has 2 heteroatoms. The first-order valence-corrected chi connectivity index (χ1v) is 8.32. The summed E-state index contributed by atoms with van der Waals surface area (Å²) in [5.74, 6) is 0. The van der Waals surface area contributed by atoms with E-state index in [1.807, 2.05) is 0 Å². The van der Waals surface area contributed by atoms with Crippen molar-refractivity contribution in [2.45, 2.75) is 51.0 Å². The second-order valence-electron chi connectivity index (χ2n) is 5.71. The average molecular weight is 320 g/mol. The monoisotopic (exact) mass is 319 g/mol. The van der Waals surface area contributed by atoms with Crippen LogP contribution in [-0.4, -0.2) is 6.54 Å². The lowest BCUT2D eigenvalue weighted by Crippen LogP contribution is -2.21. The Labute approximate surface area is 124 Å². The van der Waals surface area contributed by atoms with Crippen LogP contribution in [0.3, 0.4) is 0 Å². The van der Waals surface area contributed by atoms with Crippen molar-refractivity contribution >= 4 is 15.9 Å². The Kier molecular flexibility index (Phi) is 4.39. The van der Waals surface area contributed by atoms with Crippen molar-refractivity contribution < 1.29 is 0 Å². The van der Waals surface area contributed by atoms with Gasteiger partial charge in [0.1, 0.15) is 0 Å². The van der Waals surface area contributed by atoms with E-state index in [0.29, 0.717) is 6.04 Å². The summed E-state index contributed by atoms with van der Waals surface area (Å²) in [6.45, 7) is 1.13. The summed E-state index contributed by atoms with van der Waals surface area (Å²) in [6, 6.07) is 7.17. The van der Waals surface area contributed by atoms with Crippen molar-refractivity contribution in [3.05, 3.63) is 45.4 Å². The molecule has 1 unspecified atom stereocenters. The third-order valence-electron chi connectivity index (χ3n) is 4.44. The van der Waals surface area contributed by atoms with E-state index in [9.17, 15) is 0 Å². The SMILES string of the molecule is Brc1cccc2c1CCC2NCCC1=CCCCC1. The summed E-state index contributed by atoms with van der Waals surface area (Å²) in [4.78, 5) is 0. The highest BCUT2D eigenvalue weighted by Gasteiger charge is 2.23. The molecule has 2 aliphatic carbocycles. The predicted octanol–water partition coefficient (Wildman–Crippen LogP) is 4.92. The molecule has 0 radical (unpaired) electrons. The van der Waals surface area contributed by atoms with Crippen LogP contribution < -0.4 is 5.32 Å². The number of rotatable bonds is 4. The van der Waals surface area contributed by atoms with Gasteiger partial charge in [-0.15, -0.1) is 0 Å². The van der Waals surface area contributed by atoms with Crippen LogP contribution in [0.4, 0.5) is 0 Å². The van der Waals surface area contributed by atoms with Crippen LogP contribution in [0, 0.1) is 0 Å². The largest absolute Gasteiger partial charge is 0.310 e. The van der Waals surface area contributed by atoms with Crippen LogP contribution in [0.25, 0.3) is 0 Å². The third-order valence-corrected chi connectivity index (χ3v) is 5.18. The molecule has 2 aliphatic rings. The zero-order valence-electron chi connectivity index (χ0n) is 11.4. The first-order chi connectivity index (χ1) is 9.34. The van der Waals surface area contributed by atoms with E-state index >= 15 is 0 Å². The van der Waals surface area contributed by atoms with Crippen molar-refractivity contribution in [3.8, 4) is 0 Å². The number of fused-ring (bicyclic) bond motifs is 1. The van der Waals surface area contributed by atoms with Crippen LogP contribution in [0.15, 0.2) is 34.3 Å². The summed E-state index contributed by atoms with van der Waals surface area (Å²) in [6.07, 6.45) is 11.6. The average Bonchev–Trinajstić information content (AvgIpc) is 2.85. The Bertz CT molecular complexity index is 478. The highest BCUT2D eigenvalue weighted by atomic mass is 79.9. The smallest absolute Gasteiger partial charge is 0.0326 e. The number of nitrogens with one attached hydrogen (secondary N) is 1. The van der Waals surface area contributed by atoms with E-state index in [4.69, 9.17) is 0 Å². The summed E-state index contributed by atoms with van der Waals surface area (Å²) < 4.78 is 1.28. The molecule has 0 spiro atoms. The summed E-state index contributed by atoms with van der Waals surface area (Å²) >= 11 is 3.67. The van der Waals surface area contributed by atoms with Gasteiger partial charge in [-0.1, -0.05) is 39.7 Å². The molecule has 1 atom stereocenters. The zero-order chi connectivity index (χ0) is 13.1. The molecular formula is C17H22BrN. The fourth-order valence-corrected chi connectivity index (χ4v) is 3.94. The maximum Gasteiger partial charge on any atom is 0.0326 e. The first kappa shape index (κ1) is 13.4. The second-order valence-corrected chi connectivity index (χ2v) is 6.57. The molecule has 0 fully saturated rings. The molecule has 1 nitrogen and oxygen atoms in total. The van der Waals surface area contributed by atoms with Crippen LogP contribution in [-0.2, 0) is 6.42 Å². The van der Waals surface area contributed by atoms with Crippen LogP contribution in [0.2, 0.25) is 0 Å². The van der Waals surface area contributed by atoms with Gasteiger partial charge in [-0.05, 0) is 68.7 Å². The predicted molar refractivity (Wildman–Crippen MR) is 84.4 cm³/mol. The van der Waals surface area contributed by atoms with Gasteiger partial charge in [0.2, 0.25) is 0 Å². The van der Waals surface area contributed by atoms with Gasteiger partial charge in [0, 0.05) is 10.5 Å². The van der Waals surface area contributed by atoms with Gasteiger partial charge in [0.25, 0.3) is 0 Å². The molecule has 1 aromatic rings. The molecule has 3 rings (SSSR count). The minimum absolute atomic E-state index is 0.566. The van der Waals surface area contributed by atoms with E-state index in [1.54, 1.807) is 5.57 Å². The number of halogens is 1. The molecule has 0 amide bonds. The minimum Gasteiger partial charge on any atom is -0.310 e. The summed E-state index contributed by atoms with van der Waals surface area (Å²) in [5.41, 5.74) is 4.69. The van der Waals surface area contributed by atoms with E-state index in [2.05, 4.69) is 45.5 Å². The van der Waals surface area contributed by atoms with Gasteiger partial charge in [-0.2, -0.15) is 0 Å². The fourth-order valence-electron chi connectivity index (χ4n) is 3.36. The second kappa shape index (κ2) is 6.23. The van der Waals surface area contributed by atoms with Crippen LogP contribution in [0.1, 0.15) is 55.7 Å².